The van der Waals surface area contributed by atoms with Crippen molar-refractivity contribution in [2.45, 2.75) is 32.0 Å². The van der Waals surface area contributed by atoms with Crippen molar-refractivity contribution in [3.05, 3.63) is 142 Å². The second-order valence-electron chi connectivity index (χ2n) is 9.61. The Morgan fingerprint density at radius 3 is 2.25 bits per heavy atom. The molecule has 40 heavy (non-hydrogen) atoms. The van der Waals surface area contributed by atoms with Gasteiger partial charge in [-0.2, -0.15) is 0 Å². The van der Waals surface area contributed by atoms with Gasteiger partial charge in [0.1, 0.15) is 22.2 Å². The van der Waals surface area contributed by atoms with Gasteiger partial charge in [0, 0.05) is 17.8 Å². The number of hydrogen-bond acceptors (Lipinski definition) is 6. The van der Waals surface area contributed by atoms with Gasteiger partial charge in [-0.05, 0) is 53.9 Å². The number of hydrogen-bond donors (Lipinski definition) is 1. The molecule has 0 saturated heterocycles. The monoisotopic (exact) mass is 551 g/mol. The van der Waals surface area contributed by atoms with Crippen LogP contribution in [0.1, 0.15) is 50.3 Å². The highest BCUT2D eigenvalue weighted by molar-refractivity contribution is 7.09. The third-order valence-corrected chi connectivity index (χ3v) is 7.68. The van der Waals surface area contributed by atoms with Crippen LogP contribution in [0.15, 0.2) is 113 Å². The van der Waals surface area contributed by atoms with Crippen LogP contribution < -0.4 is 10.1 Å². The SMILES string of the molecule is COc1ccc(CN(CCC(c2ccccc2)c2ccccc2)Cc2nc(C(=O)NCc3ccco3)cs2)cc1. The number of carbonyl (C=O) groups is 1. The Hall–Kier alpha value is -4.20. The van der Waals surface area contributed by atoms with Crippen LogP contribution in [0.2, 0.25) is 0 Å². The molecule has 5 aromatic rings. The zero-order chi connectivity index (χ0) is 27.6. The number of furan rings is 1. The predicted molar refractivity (Wildman–Crippen MR) is 158 cm³/mol. The molecule has 3 aromatic carbocycles. The van der Waals surface area contributed by atoms with E-state index in [4.69, 9.17) is 9.15 Å². The molecular formula is C33H33N3O3S. The summed E-state index contributed by atoms with van der Waals surface area (Å²) in [4.78, 5) is 19.8. The van der Waals surface area contributed by atoms with E-state index in [1.54, 1.807) is 19.4 Å². The molecule has 1 amide bonds. The van der Waals surface area contributed by atoms with Crippen molar-refractivity contribution in [2.24, 2.45) is 0 Å². The van der Waals surface area contributed by atoms with E-state index in [1.165, 1.54) is 28.0 Å². The fourth-order valence-corrected chi connectivity index (χ4v) is 5.58. The molecule has 0 saturated carbocycles. The van der Waals surface area contributed by atoms with Crippen molar-refractivity contribution < 1.29 is 13.9 Å². The molecule has 204 valence electrons. The molecule has 2 heterocycles. The quantitative estimate of drug-likeness (QED) is 0.172. The van der Waals surface area contributed by atoms with Gasteiger partial charge in [0.15, 0.2) is 0 Å². The first-order chi connectivity index (χ1) is 19.7. The Kier molecular flexibility index (Phi) is 9.40. The minimum absolute atomic E-state index is 0.200. The van der Waals surface area contributed by atoms with Gasteiger partial charge in [0.05, 0.1) is 26.5 Å². The van der Waals surface area contributed by atoms with Crippen molar-refractivity contribution in [1.82, 2.24) is 15.2 Å². The summed E-state index contributed by atoms with van der Waals surface area (Å²) in [5, 5.41) is 5.62. The smallest absolute Gasteiger partial charge is 0.271 e. The molecule has 0 aliphatic rings. The van der Waals surface area contributed by atoms with Crippen molar-refractivity contribution in [3.8, 4) is 5.75 Å². The van der Waals surface area contributed by atoms with Crippen LogP contribution in [0.5, 0.6) is 5.75 Å². The number of thiazole rings is 1. The van der Waals surface area contributed by atoms with Gasteiger partial charge in [0.25, 0.3) is 5.91 Å². The van der Waals surface area contributed by atoms with E-state index in [0.717, 1.165) is 30.3 Å². The minimum Gasteiger partial charge on any atom is -0.497 e. The summed E-state index contributed by atoms with van der Waals surface area (Å²) in [6.45, 7) is 2.61. The number of amides is 1. The van der Waals surface area contributed by atoms with Crippen molar-refractivity contribution in [2.75, 3.05) is 13.7 Å². The van der Waals surface area contributed by atoms with Crippen molar-refractivity contribution in [3.63, 3.8) is 0 Å². The summed E-state index contributed by atoms with van der Waals surface area (Å²) in [5.74, 6) is 1.63. The molecule has 0 radical (unpaired) electrons. The standard InChI is InChI=1S/C33H33N3O3S/c1-38-28-16-14-25(15-17-28)22-36(19-18-30(26-9-4-2-5-10-26)27-11-6-3-7-12-27)23-32-35-31(24-40-32)33(37)34-21-29-13-8-20-39-29/h2-17,20,24,30H,18-19,21-23H2,1H3,(H,34,37). The van der Waals surface area contributed by atoms with Gasteiger partial charge in [-0.15, -0.1) is 11.3 Å². The summed E-state index contributed by atoms with van der Waals surface area (Å²) in [5.41, 5.74) is 4.25. The van der Waals surface area contributed by atoms with Crippen molar-refractivity contribution in [1.29, 1.82) is 0 Å². The third kappa shape index (κ3) is 7.46. The van der Waals surface area contributed by atoms with Gasteiger partial charge in [-0.25, -0.2) is 4.98 Å². The van der Waals surface area contributed by atoms with Crippen LogP contribution in [-0.2, 0) is 19.6 Å². The summed E-state index contributed by atoms with van der Waals surface area (Å²) in [6, 6.07) is 33.2. The summed E-state index contributed by atoms with van der Waals surface area (Å²) in [7, 11) is 1.68. The number of nitrogens with one attached hydrogen (secondary N) is 1. The Balaban J connectivity index is 1.31. The van der Waals surface area contributed by atoms with Crippen LogP contribution in [0.25, 0.3) is 0 Å². The number of benzene rings is 3. The zero-order valence-corrected chi connectivity index (χ0v) is 23.3. The number of carbonyl (C=O) groups excluding carboxylic acids is 1. The van der Waals surface area contributed by atoms with E-state index in [2.05, 4.69) is 88.0 Å². The first-order valence-electron chi connectivity index (χ1n) is 13.4. The molecule has 1 N–H and O–H groups in total. The lowest BCUT2D eigenvalue weighted by Gasteiger charge is -2.25. The average molecular weight is 552 g/mol. The molecule has 0 unspecified atom stereocenters. The van der Waals surface area contributed by atoms with E-state index in [1.807, 2.05) is 23.6 Å². The van der Waals surface area contributed by atoms with E-state index in [-0.39, 0.29) is 11.8 Å². The third-order valence-electron chi connectivity index (χ3n) is 6.85. The Morgan fingerprint density at radius 1 is 0.925 bits per heavy atom. The molecule has 0 bridgehead atoms. The summed E-state index contributed by atoms with van der Waals surface area (Å²) in [6.07, 6.45) is 2.55. The van der Waals surface area contributed by atoms with Crippen molar-refractivity contribution >= 4 is 17.2 Å². The molecule has 0 atom stereocenters. The second kappa shape index (κ2) is 13.7. The topological polar surface area (TPSA) is 67.6 Å². The van der Waals surface area contributed by atoms with Gasteiger partial charge < -0.3 is 14.5 Å². The molecule has 0 aliphatic heterocycles. The fraction of sp³-hybridized carbons (Fsp3) is 0.212. The number of nitrogens with zero attached hydrogens (tertiary/aromatic N) is 2. The van der Waals surface area contributed by atoms with Crippen LogP contribution in [0.3, 0.4) is 0 Å². The molecule has 2 aromatic heterocycles. The summed E-state index contributed by atoms with van der Waals surface area (Å²) < 4.78 is 10.7. The fourth-order valence-electron chi connectivity index (χ4n) is 4.76. The van der Waals surface area contributed by atoms with Crippen LogP contribution >= 0.6 is 11.3 Å². The van der Waals surface area contributed by atoms with E-state index in [9.17, 15) is 4.79 Å². The Morgan fingerprint density at radius 2 is 1.62 bits per heavy atom. The molecule has 6 nitrogen and oxygen atoms in total. The van der Waals surface area contributed by atoms with Gasteiger partial charge in [-0.1, -0.05) is 72.8 Å². The zero-order valence-electron chi connectivity index (χ0n) is 22.5. The molecule has 7 heteroatoms. The first-order valence-corrected chi connectivity index (χ1v) is 14.3. The maximum atomic E-state index is 12.7. The lowest BCUT2D eigenvalue weighted by Crippen LogP contribution is -2.26. The highest BCUT2D eigenvalue weighted by Gasteiger charge is 2.18. The Bertz CT molecular complexity index is 1410. The van der Waals surface area contributed by atoms with Crippen LogP contribution in [0, 0.1) is 0 Å². The number of rotatable bonds is 13. The number of aromatic nitrogens is 1. The molecule has 0 aliphatic carbocycles. The normalized spacial score (nSPS) is 11.2. The molecular weight excluding hydrogens is 518 g/mol. The molecule has 0 spiro atoms. The van der Waals surface area contributed by atoms with E-state index in [0.29, 0.717) is 24.5 Å². The van der Waals surface area contributed by atoms with Crippen LogP contribution in [-0.4, -0.2) is 29.4 Å². The van der Waals surface area contributed by atoms with Gasteiger partial charge in [-0.3, -0.25) is 9.69 Å². The average Bonchev–Trinajstić information content (AvgIpc) is 3.70. The molecule has 5 rings (SSSR count). The minimum atomic E-state index is -0.200. The lowest BCUT2D eigenvalue weighted by atomic mass is 9.88. The summed E-state index contributed by atoms with van der Waals surface area (Å²) >= 11 is 1.52. The highest BCUT2D eigenvalue weighted by Crippen LogP contribution is 2.29. The largest absolute Gasteiger partial charge is 0.497 e. The number of ether oxygens (including phenoxy) is 1. The maximum Gasteiger partial charge on any atom is 0.271 e. The predicted octanol–water partition coefficient (Wildman–Crippen LogP) is 6.90. The van der Waals surface area contributed by atoms with E-state index < -0.39 is 0 Å². The van der Waals surface area contributed by atoms with E-state index >= 15 is 0 Å². The number of methoxy groups -OCH3 is 1. The maximum absolute atomic E-state index is 12.7. The second-order valence-corrected chi connectivity index (χ2v) is 10.6. The highest BCUT2D eigenvalue weighted by atomic mass is 32.1. The first kappa shape index (κ1) is 27.4. The van der Waals surface area contributed by atoms with Gasteiger partial charge in [0.2, 0.25) is 0 Å². The lowest BCUT2D eigenvalue weighted by molar-refractivity contribution is 0.0943. The van der Waals surface area contributed by atoms with Crippen LogP contribution in [0.4, 0.5) is 0 Å². The molecule has 0 fully saturated rings. The Labute approximate surface area is 239 Å². The van der Waals surface area contributed by atoms with Gasteiger partial charge >= 0.3 is 0 Å².